The molecule has 0 atom stereocenters. The molecule has 0 saturated carbocycles. The minimum absolute atomic E-state index is 0.103. The van der Waals surface area contributed by atoms with E-state index in [-0.39, 0.29) is 5.91 Å². The number of aryl methyl sites for hydroxylation is 1. The lowest BCUT2D eigenvalue weighted by Gasteiger charge is -2.11. The van der Waals surface area contributed by atoms with E-state index in [1.165, 1.54) is 11.1 Å². The molecule has 0 bridgehead atoms. The lowest BCUT2D eigenvalue weighted by Crippen LogP contribution is -2.22. The van der Waals surface area contributed by atoms with Crippen molar-refractivity contribution in [2.24, 2.45) is 0 Å². The Kier molecular flexibility index (Phi) is 4.82. The van der Waals surface area contributed by atoms with Crippen LogP contribution in [0.5, 0.6) is 0 Å². The summed E-state index contributed by atoms with van der Waals surface area (Å²) in [5, 5.41) is 6.05. The molecule has 4 nitrogen and oxygen atoms in total. The second kappa shape index (κ2) is 6.79. The molecule has 0 radical (unpaired) electrons. The van der Waals surface area contributed by atoms with Crippen molar-refractivity contribution in [3.8, 4) is 0 Å². The fraction of sp³-hybridized carbons (Fsp3) is 0.235. The van der Waals surface area contributed by atoms with Crippen LogP contribution in [0, 0.1) is 6.92 Å². The lowest BCUT2D eigenvalue weighted by molar-refractivity contribution is 0.0956. The van der Waals surface area contributed by atoms with Gasteiger partial charge in [0, 0.05) is 18.7 Å². The zero-order valence-corrected chi connectivity index (χ0v) is 12.4. The summed E-state index contributed by atoms with van der Waals surface area (Å²) < 4.78 is 0. The molecule has 0 saturated heterocycles. The van der Waals surface area contributed by atoms with Gasteiger partial charge in [0.25, 0.3) is 5.91 Å². The quantitative estimate of drug-likeness (QED) is 0.739. The highest BCUT2D eigenvalue weighted by Crippen LogP contribution is 2.20. The van der Waals surface area contributed by atoms with Crippen LogP contribution in [0.25, 0.3) is 0 Å². The van der Waals surface area contributed by atoms with Crippen molar-refractivity contribution in [1.82, 2.24) is 5.32 Å². The van der Waals surface area contributed by atoms with E-state index in [1.807, 2.05) is 13.0 Å². The summed E-state index contributed by atoms with van der Waals surface area (Å²) in [6, 6.07) is 13.6. The Hall–Kier alpha value is -2.49. The molecule has 0 aliphatic rings. The van der Waals surface area contributed by atoms with Gasteiger partial charge in [-0.15, -0.1) is 0 Å². The second-order valence-corrected chi connectivity index (χ2v) is 5.00. The molecule has 2 aromatic rings. The molecule has 21 heavy (non-hydrogen) atoms. The number of carbonyl (C=O) groups is 1. The van der Waals surface area contributed by atoms with Crippen LogP contribution in [-0.4, -0.2) is 12.5 Å². The molecule has 110 valence electrons. The zero-order chi connectivity index (χ0) is 15.2. The lowest BCUT2D eigenvalue weighted by atomic mass is 10.1. The monoisotopic (exact) mass is 283 g/mol. The predicted octanol–water partition coefficient (Wildman–Crippen LogP) is 2.94. The van der Waals surface area contributed by atoms with Crippen LogP contribution in [0.1, 0.15) is 28.4 Å². The molecule has 0 aromatic heterocycles. The standard InChI is InChI=1S/C17H21N3O/c1-3-19-17(21)14-8-9-16(15(18)10-14)20-11-13-6-4-12(2)5-7-13/h4-10,20H,3,11,18H2,1-2H3,(H,19,21). The van der Waals surface area contributed by atoms with Gasteiger partial charge in [0.05, 0.1) is 11.4 Å². The third-order valence-corrected chi connectivity index (χ3v) is 3.25. The Morgan fingerprint density at radius 3 is 2.48 bits per heavy atom. The van der Waals surface area contributed by atoms with Gasteiger partial charge < -0.3 is 16.4 Å². The van der Waals surface area contributed by atoms with Crippen LogP contribution in [0.2, 0.25) is 0 Å². The predicted molar refractivity (Wildman–Crippen MR) is 87.4 cm³/mol. The van der Waals surface area contributed by atoms with E-state index >= 15 is 0 Å². The normalized spacial score (nSPS) is 10.2. The van der Waals surface area contributed by atoms with E-state index < -0.39 is 0 Å². The Labute approximate surface area is 125 Å². The molecule has 0 spiro atoms. The van der Waals surface area contributed by atoms with Gasteiger partial charge in [0.15, 0.2) is 0 Å². The molecule has 0 aliphatic carbocycles. The van der Waals surface area contributed by atoms with Crippen LogP contribution in [-0.2, 0) is 6.54 Å². The van der Waals surface area contributed by atoms with E-state index in [1.54, 1.807) is 12.1 Å². The minimum Gasteiger partial charge on any atom is -0.397 e. The third kappa shape index (κ3) is 3.99. The number of nitrogens with one attached hydrogen (secondary N) is 2. The van der Waals surface area contributed by atoms with E-state index in [2.05, 4.69) is 41.8 Å². The third-order valence-electron chi connectivity index (χ3n) is 3.25. The number of hydrogen-bond acceptors (Lipinski definition) is 3. The molecule has 0 fully saturated rings. The molecule has 2 rings (SSSR count). The van der Waals surface area contributed by atoms with Gasteiger partial charge in [-0.1, -0.05) is 29.8 Å². The van der Waals surface area contributed by atoms with Gasteiger partial charge in [-0.05, 0) is 37.6 Å². The molecular weight excluding hydrogens is 262 g/mol. The van der Waals surface area contributed by atoms with Gasteiger partial charge in [-0.3, -0.25) is 4.79 Å². The maximum absolute atomic E-state index is 11.7. The van der Waals surface area contributed by atoms with Crippen molar-refractivity contribution in [2.75, 3.05) is 17.6 Å². The summed E-state index contributed by atoms with van der Waals surface area (Å²) in [5.74, 6) is -0.103. The summed E-state index contributed by atoms with van der Waals surface area (Å²) in [6.45, 7) is 5.26. The molecule has 2 aromatic carbocycles. The van der Waals surface area contributed by atoms with Crippen molar-refractivity contribution >= 4 is 17.3 Å². The number of amides is 1. The average molecular weight is 283 g/mol. The van der Waals surface area contributed by atoms with Gasteiger partial charge >= 0.3 is 0 Å². The van der Waals surface area contributed by atoms with E-state index in [4.69, 9.17) is 5.73 Å². The van der Waals surface area contributed by atoms with Gasteiger partial charge in [-0.25, -0.2) is 0 Å². The number of nitrogens with two attached hydrogens (primary N) is 1. The van der Waals surface area contributed by atoms with Crippen molar-refractivity contribution in [3.63, 3.8) is 0 Å². The Morgan fingerprint density at radius 1 is 1.14 bits per heavy atom. The first-order chi connectivity index (χ1) is 10.1. The smallest absolute Gasteiger partial charge is 0.251 e. The second-order valence-electron chi connectivity index (χ2n) is 5.00. The number of anilines is 2. The average Bonchev–Trinajstić information content (AvgIpc) is 2.48. The van der Waals surface area contributed by atoms with Crippen molar-refractivity contribution in [1.29, 1.82) is 0 Å². The highest BCUT2D eigenvalue weighted by Gasteiger charge is 2.07. The molecule has 4 heteroatoms. The maximum Gasteiger partial charge on any atom is 0.251 e. The van der Waals surface area contributed by atoms with Crippen molar-refractivity contribution in [3.05, 3.63) is 59.2 Å². The van der Waals surface area contributed by atoms with Crippen LogP contribution in [0.3, 0.4) is 0 Å². The number of nitrogen functional groups attached to an aromatic ring is 1. The summed E-state index contributed by atoms with van der Waals surface area (Å²) in [4.78, 5) is 11.7. The van der Waals surface area contributed by atoms with Crippen LogP contribution >= 0.6 is 0 Å². The maximum atomic E-state index is 11.7. The Bertz CT molecular complexity index is 620. The topological polar surface area (TPSA) is 67.2 Å². The minimum atomic E-state index is -0.103. The van der Waals surface area contributed by atoms with Crippen LogP contribution in [0.15, 0.2) is 42.5 Å². The van der Waals surface area contributed by atoms with Crippen LogP contribution in [0.4, 0.5) is 11.4 Å². The van der Waals surface area contributed by atoms with E-state index in [9.17, 15) is 4.79 Å². The van der Waals surface area contributed by atoms with Gasteiger partial charge in [0.2, 0.25) is 0 Å². The highest BCUT2D eigenvalue weighted by molar-refractivity contribution is 5.96. The fourth-order valence-corrected chi connectivity index (χ4v) is 2.03. The van der Waals surface area contributed by atoms with E-state index in [0.717, 1.165) is 5.69 Å². The first-order valence-corrected chi connectivity index (χ1v) is 7.07. The summed E-state index contributed by atoms with van der Waals surface area (Å²) >= 11 is 0. The molecule has 1 amide bonds. The Balaban J connectivity index is 2.04. The van der Waals surface area contributed by atoms with Crippen molar-refractivity contribution in [2.45, 2.75) is 20.4 Å². The zero-order valence-electron chi connectivity index (χ0n) is 12.4. The number of hydrogen-bond donors (Lipinski definition) is 3. The number of benzene rings is 2. The number of rotatable bonds is 5. The molecule has 4 N–H and O–H groups in total. The Morgan fingerprint density at radius 2 is 1.86 bits per heavy atom. The SMILES string of the molecule is CCNC(=O)c1ccc(NCc2ccc(C)cc2)c(N)c1. The van der Waals surface area contributed by atoms with E-state index in [0.29, 0.717) is 24.3 Å². The van der Waals surface area contributed by atoms with Gasteiger partial charge in [0.1, 0.15) is 0 Å². The molecule has 0 aliphatic heterocycles. The fourth-order valence-electron chi connectivity index (χ4n) is 2.03. The summed E-state index contributed by atoms with van der Waals surface area (Å²) in [7, 11) is 0. The first-order valence-electron chi connectivity index (χ1n) is 7.07. The largest absolute Gasteiger partial charge is 0.397 e. The molecule has 0 unspecified atom stereocenters. The van der Waals surface area contributed by atoms with Crippen molar-refractivity contribution < 1.29 is 4.79 Å². The summed E-state index contributed by atoms with van der Waals surface area (Å²) in [5.41, 5.74) is 10.4. The molecule has 0 heterocycles. The molecular formula is C17H21N3O. The first kappa shape index (κ1) is 14.9. The number of carbonyl (C=O) groups excluding carboxylic acids is 1. The van der Waals surface area contributed by atoms with Gasteiger partial charge in [-0.2, -0.15) is 0 Å². The highest BCUT2D eigenvalue weighted by atomic mass is 16.1. The van der Waals surface area contributed by atoms with Crippen LogP contribution < -0.4 is 16.4 Å². The summed E-state index contributed by atoms with van der Waals surface area (Å²) in [6.07, 6.45) is 0.